The van der Waals surface area contributed by atoms with E-state index in [1.54, 1.807) is 19.1 Å². The van der Waals surface area contributed by atoms with Crippen LogP contribution in [0, 0.1) is 6.92 Å². The van der Waals surface area contributed by atoms with E-state index in [0.29, 0.717) is 23.2 Å². The zero-order valence-corrected chi connectivity index (χ0v) is 12.1. The Morgan fingerprint density at radius 1 is 1.45 bits per heavy atom. The van der Waals surface area contributed by atoms with Crippen LogP contribution in [0.2, 0.25) is 0 Å². The van der Waals surface area contributed by atoms with Crippen LogP contribution in [0.5, 0.6) is 0 Å². The summed E-state index contributed by atoms with van der Waals surface area (Å²) >= 11 is 0. The first kappa shape index (κ1) is 14.0. The number of allylic oxidation sites excluding steroid dienone is 1. The van der Waals surface area contributed by atoms with Crippen LogP contribution in [0.3, 0.4) is 0 Å². The van der Waals surface area contributed by atoms with E-state index in [2.05, 4.69) is 11.6 Å². The van der Waals surface area contributed by atoms with E-state index in [0.717, 1.165) is 5.56 Å². The highest BCUT2D eigenvalue weighted by atomic mass is 16.4. The van der Waals surface area contributed by atoms with E-state index in [1.165, 1.54) is 17.0 Å². The van der Waals surface area contributed by atoms with Gasteiger partial charge in [-0.2, -0.15) is 0 Å². The number of hydrogen-bond acceptors (Lipinski definition) is 4. The lowest BCUT2D eigenvalue weighted by atomic mass is 10.1. The SMILES string of the molecule is C=CCc1cccc2cc(C(=O)n3ccnc3C)c(=O)oc12. The number of para-hydroxylation sites is 1. The molecule has 22 heavy (non-hydrogen) atoms. The number of carbonyl (C=O) groups excluding carboxylic acids is 1. The minimum absolute atomic E-state index is 0.00986. The first-order valence-corrected chi connectivity index (χ1v) is 6.83. The van der Waals surface area contributed by atoms with Gasteiger partial charge in [0.2, 0.25) is 0 Å². The van der Waals surface area contributed by atoms with E-state index in [1.807, 2.05) is 18.2 Å². The monoisotopic (exact) mass is 294 g/mol. The molecule has 2 heterocycles. The molecule has 0 aliphatic rings. The van der Waals surface area contributed by atoms with Gasteiger partial charge >= 0.3 is 5.63 Å². The number of aryl methyl sites for hydroxylation is 1. The van der Waals surface area contributed by atoms with Crippen molar-refractivity contribution >= 4 is 16.9 Å². The number of nitrogens with zero attached hydrogens (tertiary/aromatic N) is 2. The topological polar surface area (TPSA) is 65.1 Å². The summed E-state index contributed by atoms with van der Waals surface area (Å²) in [7, 11) is 0. The number of benzene rings is 1. The second-order valence-corrected chi connectivity index (χ2v) is 4.93. The Labute approximate surface area is 126 Å². The van der Waals surface area contributed by atoms with Gasteiger partial charge in [-0.3, -0.25) is 9.36 Å². The second-order valence-electron chi connectivity index (χ2n) is 4.93. The molecule has 0 atom stereocenters. The third-order valence-electron chi connectivity index (χ3n) is 3.48. The molecule has 0 saturated heterocycles. The van der Waals surface area contributed by atoms with Crippen molar-refractivity contribution in [3.8, 4) is 0 Å². The van der Waals surface area contributed by atoms with Gasteiger partial charge in [-0.25, -0.2) is 9.78 Å². The van der Waals surface area contributed by atoms with Crippen molar-refractivity contribution in [1.82, 2.24) is 9.55 Å². The number of aromatic nitrogens is 2. The molecule has 1 aromatic carbocycles. The summed E-state index contributed by atoms with van der Waals surface area (Å²) in [6.07, 6.45) is 5.37. The highest BCUT2D eigenvalue weighted by Crippen LogP contribution is 2.19. The molecule has 0 spiro atoms. The maximum absolute atomic E-state index is 12.5. The van der Waals surface area contributed by atoms with Crippen LogP contribution in [-0.4, -0.2) is 15.5 Å². The van der Waals surface area contributed by atoms with Gasteiger partial charge in [-0.05, 0) is 25.0 Å². The van der Waals surface area contributed by atoms with Gasteiger partial charge in [0, 0.05) is 17.8 Å². The van der Waals surface area contributed by atoms with Crippen LogP contribution in [0.15, 0.2) is 58.5 Å². The smallest absolute Gasteiger partial charge is 0.349 e. The summed E-state index contributed by atoms with van der Waals surface area (Å²) in [5, 5.41) is 0.708. The Morgan fingerprint density at radius 3 is 2.95 bits per heavy atom. The van der Waals surface area contributed by atoms with Gasteiger partial charge in [0.25, 0.3) is 5.91 Å². The molecule has 0 aliphatic heterocycles. The summed E-state index contributed by atoms with van der Waals surface area (Å²) in [5.41, 5.74) is 0.695. The fourth-order valence-electron chi connectivity index (χ4n) is 2.39. The Morgan fingerprint density at radius 2 is 2.27 bits per heavy atom. The van der Waals surface area contributed by atoms with Crippen LogP contribution < -0.4 is 5.63 Å². The highest BCUT2D eigenvalue weighted by molar-refractivity contribution is 5.98. The van der Waals surface area contributed by atoms with Crippen molar-refractivity contribution in [2.45, 2.75) is 13.3 Å². The van der Waals surface area contributed by atoms with Crippen LogP contribution >= 0.6 is 0 Å². The summed E-state index contributed by atoms with van der Waals surface area (Å²) in [5.74, 6) is 0.0738. The number of rotatable bonds is 3. The molecular formula is C17H14N2O3. The third kappa shape index (κ3) is 2.26. The summed E-state index contributed by atoms with van der Waals surface area (Å²) in [6.45, 7) is 5.39. The Hall–Kier alpha value is -2.95. The van der Waals surface area contributed by atoms with E-state index in [4.69, 9.17) is 4.42 Å². The molecule has 0 bridgehead atoms. The maximum Gasteiger partial charge on any atom is 0.349 e. The molecular weight excluding hydrogens is 280 g/mol. The number of imidazole rings is 1. The molecule has 0 saturated carbocycles. The number of fused-ring (bicyclic) bond motifs is 1. The lowest BCUT2D eigenvalue weighted by molar-refractivity contribution is 0.0954. The van der Waals surface area contributed by atoms with Gasteiger partial charge in [0.1, 0.15) is 17.0 Å². The summed E-state index contributed by atoms with van der Waals surface area (Å²) in [4.78, 5) is 28.6. The quantitative estimate of drug-likeness (QED) is 0.550. The minimum atomic E-state index is -0.651. The van der Waals surface area contributed by atoms with Crippen molar-refractivity contribution in [1.29, 1.82) is 0 Å². The Kier molecular flexibility index (Phi) is 3.47. The van der Waals surface area contributed by atoms with Crippen LogP contribution in [0.25, 0.3) is 11.0 Å². The zero-order valence-electron chi connectivity index (χ0n) is 12.1. The fourth-order valence-corrected chi connectivity index (χ4v) is 2.39. The van der Waals surface area contributed by atoms with E-state index in [-0.39, 0.29) is 5.56 Å². The lowest BCUT2D eigenvalue weighted by Crippen LogP contribution is -2.21. The molecule has 3 rings (SSSR count). The second kappa shape index (κ2) is 5.44. The van der Waals surface area contributed by atoms with Gasteiger partial charge in [-0.1, -0.05) is 24.3 Å². The largest absolute Gasteiger partial charge is 0.422 e. The molecule has 0 fully saturated rings. The van der Waals surface area contributed by atoms with Crippen molar-refractivity contribution in [3.63, 3.8) is 0 Å². The Balaban J connectivity index is 2.19. The van der Waals surface area contributed by atoms with Gasteiger partial charge in [-0.15, -0.1) is 6.58 Å². The lowest BCUT2D eigenvalue weighted by Gasteiger charge is -2.06. The van der Waals surface area contributed by atoms with Gasteiger partial charge in [0.15, 0.2) is 0 Å². The van der Waals surface area contributed by atoms with E-state index >= 15 is 0 Å². The first-order chi connectivity index (χ1) is 10.6. The van der Waals surface area contributed by atoms with Crippen molar-refractivity contribution < 1.29 is 9.21 Å². The molecule has 110 valence electrons. The van der Waals surface area contributed by atoms with Crippen LogP contribution in [0.1, 0.15) is 21.7 Å². The normalized spacial score (nSPS) is 10.8. The highest BCUT2D eigenvalue weighted by Gasteiger charge is 2.17. The molecule has 0 radical (unpaired) electrons. The van der Waals surface area contributed by atoms with Crippen molar-refractivity contribution in [3.05, 3.63) is 76.7 Å². The standard InChI is InChI=1S/C17H14N2O3/c1-3-5-12-6-4-7-13-10-14(17(21)22-15(12)13)16(20)19-9-8-18-11(19)2/h3-4,6-10H,1,5H2,2H3. The molecule has 5 heteroatoms. The molecule has 0 unspecified atom stereocenters. The van der Waals surface area contributed by atoms with Gasteiger partial charge in [0.05, 0.1) is 0 Å². The summed E-state index contributed by atoms with van der Waals surface area (Å²) < 4.78 is 6.70. The predicted molar refractivity (Wildman–Crippen MR) is 83.1 cm³/mol. The van der Waals surface area contributed by atoms with Crippen molar-refractivity contribution in [2.24, 2.45) is 0 Å². The number of hydrogen-bond donors (Lipinski definition) is 0. The minimum Gasteiger partial charge on any atom is -0.422 e. The average Bonchev–Trinajstić information content (AvgIpc) is 2.93. The molecule has 0 amide bonds. The fraction of sp³-hybridized carbons (Fsp3) is 0.118. The van der Waals surface area contributed by atoms with E-state index < -0.39 is 11.5 Å². The molecule has 0 N–H and O–H groups in total. The van der Waals surface area contributed by atoms with Gasteiger partial charge < -0.3 is 4.42 Å². The molecule has 0 aliphatic carbocycles. The summed E-state index contributed by atoms with van der Waals surface area (Å²) in [6, 6.07) is 7.10. The van der Waals surface area contributed by atoms with E-state index in [9.17, 15) is 9.59 Å². The first-order valence-electron chi connectivity index (χ1n) is 6.83. The number of carbonyl (C=O) groups is 1. The third-order valence-corrected chi connectivity index (χ3v) is 3.48. The Bertz CT molecular complexity index is 934. The molecule has 3 aromatic rings. The maximum atomic E-state index is 12.5. The molecule has 2 aromatic heterocycles. The van der Waals surface area contributed by atoms with Crippen LogP contribution in [-0.2, 0) is 6.42 Å². The van der Waals surface area contributed by atoms with Crippen LogP contribution in [0.4, 0.5) is 0 Å². The predicted octanol–water partition coefficient (Wildman–Crippen LogP) is 2.71. The molecule has 5 nitrogen and oxygen atoms in total. The van der Waals surface area contributed by atoms with Crippen molar-refractivity contribution in [2.75, 3.05) is 0 Å². The zero-order chi connectivity index (χ0) is 15.7. The average molecular weight is 294 g/mol.